The molecule has 0 N–H and O–H groups in total. The lowest BCUT2D eigenvalue weighted by Crippen LogP contribution is -2.54. The molecule has 1 unspecified atom stereocenters. The van der Waals surface area contributed by atoms with Crippen LogP contribution >= 0.6 is 0 Å². The number of ether oxygens (including phenoxy) is 1. The highest BCUT2D eigenvalue weighted by Crippen LogP contribution is 2.22. The van der Waals surface area contributed by atoms with Crippen LogP contribution in [-0.4, -0.2) is 77.6 Å². The summed E-state index contributed by atoms with van der Waals surface area (Å²) in [5.74, 6) is 0. The van der Waals surface area contributed by atoms with Crippen molar-refractivity contribution in [2.45, 2.75) is 38.8 Å². The quantitative estimate of drug-likeness (QED) is 0.779. The Morgan fingerprint density at radius 3 is 2.57 bits per heavy atom. The molecule has 2 rings (SSSR count). The normalized spacial score (nSPS) is 22.9. The van der Waals surface area contributed by atoms with E-state index in [0.717, 1.165) is 4.90 Å². The minimum absolute atomic E-state index is 0.225. The minimum atomic E-state index is -2.54. The van der Waals surface area contributed by atoms with Gasteiger partial charge in [-0.1, -0.05) is 0 Å². The number of piperazine rings is 1. The Morgan fingerprint density at radius 2 is 2.00 bits per heavy atom. The van der Waals surface area contributed by atoms with Gasteiger partial charge in [0.05, 0.1) is 12.6 Å². The van der Waals surface area contributed by atoms with E-state index < -0.39 is 24.7 Å². The molecule has 2 aliphatic heterocycles. The molecule has 2 heterocycles. The molecule has 0 aliphatic carbocycles. The van der Waals surface area contributed by atoms with Crippen LogP contribution < -0.4 is 0 Å². The van der Waals surface area contributed by atoms with Gasteiger partial charge in [-0.2, -0.15) is 0 Å². The van der Waals surface area contributed by atoms with Crippen LogP contribution in [0.3, 0.4) is 0 Å². The number of fused-ring (bicyclic) bond motifs is 1. The molecule has 0 aromatic carbocycles. The van der Waals surface area contributed by atoms with Gasteiger partial charge in [0.1, 0.15) is 5.60 Å². The fraction of sp³-hybridized carbons (Fsp3) is 0.846. The number of urea groups is 1. The fourth-order valence-electron chi connectivity index (χ4n) is 2.59. The van der Waals surface area contributed by atoms with Crippen molar-refractivity contribution in [1.29, 1.82) is 0 Å². The average Bonchev–Trinajstić information content (AvgIpc) is 2.63. The smallest absolute Gasteiger partial charge is 0.410 e. The largest absolute Gasteiger partial charge is 0.444 e. The second kappa shape index (κ2) is 5.65. The first-order valence-electron chi connectivity index (χ1n) is 6.99. The molecular formula is C13H21F2N3O3. The molecule has 0 saturated carbocycles. The van der Waals surface area contributed by atoms with Crippen molar-refractivity contribution in [2.24, 2.45) is 0 Å². The predicted molar refractivity (Wildman–Crippen MR) is 71.3 cm³/mol. The Hall–Kier alpha value is -1.60. The van der Waals surface area contributed by atoms with Gasteiger partial charge in [0, 0.05) is 26.2 Å². The van der Waals surface area contributed by atoms with E-state index in [-0.39, 0.29) is 18.6 Å². The van der Waals surface area contributed by atoms with Gasteiger partial charge in [-0.15, -0.1) is 0 Å². The van der Waals surface area contributed by atoms with Gasteiger partial charge in [0.25, 0.3) is 6.43 Å². The van der Waals surface area contributed by atoms with Gasteiger partial charge in [-0.25, -0.2) is 18.4 Å². The zero-order valence-corrected chi connectivity index (χ0v) is 12.5. The molecule has 0 bridgehead atoms. The highest BCUT2D eigenvalue weighted by Gasteiger charge is 2.42. The van der Waals surface area contributed by atoms with Crippen LogP contribution in [0, 0.1) is 0 Å². The van der Waals surface area contributed by atoms with Gasteiger partial charge < -0.3 is 19.4 Å². The van der Waals surface area contributed by atoms with Crippen molar-refractivity contribution in [3.05, 3.63) is 0 Å². The van der Waals surface area contributed by atoms with Crippen LogP contribution in [-0.2, 0) is 4.74 Å². The van der Waals surface area contributed by atoms with Gasteiger partial charge in [-0.05, 0) is 20.8 Å². The summed E-state index contributed by atoms with van der Waals surface area (Å²) in [5.41, 5.74) is -0.582. The molecule has 2 fully saturated rings. The first-order valence-corrected chi connectivity index (χ1v) is 6.99. The van der Waals surface area contributed by atoms with E-state index in [0.29, 0.717) is 19.6 Å². The number of alkyl halides is 2. The van der Waals surface area contributed by atoms with E-state index in [4.69, 9.17) is 4.74 Å². The molecular weight excluding hydrogens is 284 g/mol. The van der Waals surface area contributed by atoms with Crippen LogP contribution in [0.1, 0.15) is 20.8 Å². The Balaban J connectivity index is 1.95. The summed E-state index contributed by atoms with van der Waals surface area (Å²) in [6.07, 6.45) is -2.97. The van der Waals surface area contributed by atoms with Gasteiger partial charge in [-0.3, -0.25) is 0 Å². The molecule has 2 saturated heterocycles. The maximum atomic E-state index is 12.4. The van der Waals surface area contributed by atoms with Crippen molar-refractivity contribution in [1.82, 2.24) is 14.7 Å². The molecule has 6 nitrogen and oxygen atoms in total. The molecule has 1 atom stereocenters. The van der Waals surface area contributed by atoms with Gasteiger partial charge in [0.2, 0.25) is 0 Å². The zero-order chi connectivity index (χ0) is 15.8. The molecule has 3 amide bonds. The molecule has 0 spiro atoms. The SMILES string of the molecule is CC(C)(C)OC(=O)N1CCN2C(=O)N(CC(F)F)CC2C1. The van der Waals surface area contributed by atoms with E-state index in [9.17, 15) is 18.4 Å². The first kappa shape index (κ1) is 15.8. The molecule has 0 aromatic rings. The molecule has 0 radical (unpaired) electrons. The number of hydrogen-bond acceptors (Lipinski definition) is 3. The molecule has 2 aliphatic rings. The highest BCUT2D eigenvalue weighted by molar-refractivity contribution is 5.78. The maximum absolute atomic E-state index is 12.4. The number of halogens is 2. The third-order valence-electron chi connectivity index (χ3n) is 3.44. The Morgan fingerprint density at radius 1 is 1.33 bits per heavy atom. The Bertz CT molecular complexity index is 425. The van der Waals surface area contributed by atoms with Crippen LogP contribution in [0.5, 0.6) is 0 Å². The van der Waals surface area contributed by atoms with Crippen molar-refractivity contribution in [3.8, 4) is 0 Å². The first-order chi connectivity index (χ1) is 9.67. The third-order valence-corrected chi connectivity index (χ3v) is 3.44. The van der Waals surface area contributed by atoms with Gasteiger partial charge in [0.15, 0.2) is 0 Å². The highest BCUT2D eigenvalue weighted by atomic mass is 19.3. The molecule has 21 heavy (non-hydrogen) atoms. The summed E-state index contributed by atoms with van der Waals surface area (Å²) in [6.45, 7) is 6.04. The van der Waals surface area contributed by atoms with Gasteiger partial charge >= 0.3 is 12.1 Å². The predicted octanol–water partition coefficient (Wildman–Crippen LogP) is 1.61. The van der Waals surface area contributed by atoms with E-state index >= 15 is 0 Å². The van der Waals surface area contributed by atoms with Crippen molar-refractivity contribution >= 4 is 12.1 Å². The van der Waals surface area contributed by atoms with Crippen molar-refractivity contribution in [2.75, 3.05) is 32.7 Å². The molecule has 0 aromatic heterocycles. The third kappa shape index (κ3) is 3.74. The second-order valence-corrected chi connectivity index (χ2v) is 6.35. The summed E-state index contributed by atoms with van der Waals surface area (Å²) in [5, 5.41) is 0. The summed E-state index contributed by atoms with van der Waals surface area (Å²) in [6, 6.07) is -0.610. The standard InChI is InChI=1S/C13H21F2N3O3/c1-13(2,3)21-12(20)16-4-5-18-9(6-16)7-17(11(18)19)8-10(14)15/h9-10H,4-8H2,1-3H3. The maximum Gasteiger partial charge on any atom is 0.410 e. The van der Waals surface area contributed by atoms with Crippen molar-refractivity contribution in [3.63, 3.8) is 0 Å². The average molecular weight is 305 g/mol. The van der Waals surface area contributed by atoms with E-state index in [1.807, 2.05) is 0 Å². The minimum Gasteiger partial charge on any atom is -0.444 e. The monoisotopic (exact) mass is 305 g/mol. The van der Waals surface area contributed by atoms with E-state index in [1.54, 1.807) is 25.7 Å². The summed E-state index contributed by atoms with van der Waals surface area (Å²) in [4.78, 5) is 28.2. The van der Waals surface area contributed by atoms with E-state index in [2.05, 4.69) is 0 Å². The molecule has 120 valence electrons. The molecule has 8 heteroatoms. The van der Waals surface area contributed by atoms with E-state index in [1.165, 1.54) is 4.90 Å². The fourth-order valence-corrected chi connectivity index (χ4v) is 2.59. The Labute approximate surface area is 122 Å². The number of hydrogen-bond donors (Lipinski definition) is 0. The lowest BCUT2D eigenvalue weighted by Gasteiger charge is -2.37. The summed E-state index contributed by atoms with van der Waals surface area (Å²) < 4.78 is 30.2. The van der Waals surface area contributed by atoms with Crippen molar-refractivity contribution < 1.29 is 23.1 Å². The Kier molecular flexibility index (Phi) is 4.25. The van der Waals surface area contributed by atoms with Crippen LogP contribution in [0.4, 0.5) is 18.4 Å². The number of carbonyl (C=O) groups excluding carboxylic acids is 2. The second-order valence-electron chi connectivity index (χ2n) is 6.35. The number of nitrogens with zero attached hydrogens (tertiary/aromatic N) is 3. The lowest BCUT2D eigenvalue weighted by molar-refractivity contribution is 0.0127. The summed E-state index contributed by atoms with van der Waals surface area (Å²) in [7, 11) is 0. The topological polar surface area (TPSA) is 53.1 Å². The van der Waals surface area contributed by atoms with Crippen LogP contribution in [0.15, 0.2) is 0 Å². The zero-order valence-electron chi connectivity index (χ0n) is 12.5. The van der Waals surface area contributed by atoms with Crippen LogP contribution in [0.2, 0.25) is 0 Å². The number of rotatable bonds is 2. The van der Waals surface area contributed by atoms with Crippen LogP contribution in [0.25, 0.3) is 0 Å². The lowest BCUT2D eigenvalue weighted by atomic mass is 10.2. The number of amides is 3. The number of carbonyl (C=O) groups is 2. The summed E-state index contributed by atoms with van der Waals surface area (Å²) >= 11 is 0.